The van der Waals surface area contributed by atoms with Crippen molar-refractivity contribution in [3.8, 4) is 11.5 Å². The van der Waals surface area contributed by atoms with Crippen LogP contribution in [0.5, 0.6) is 11.5 Å². The van der Waals surface area contributed by atoms with E-state index in [-0.39, 0.29) is 5.91 Å². The number of rotatable bonds is 12. The average molecular weight is 478 g/mol. The van der Waals surface area contributed by atoms with Gasteiger partial charge in [0.1, 0.15) is 23.4 Å². The first-order chi connectivity index (χ1) is 16.9. The van der Waals surface area contributed by atoms with Crippen molar-refractivity contribution >= 4 is 23.4 Å². The molecule has 8 nitrogen and oxygen atoms in total. The molecule has 8 heteroatoms. The normalized spacial score (nSPS) is 11.6. The number of carbonyl (C=O) groups is 1. The van der Waals surface area contributed by atoms with E-state index in [0.29, 0.717) is 36.3 Å². The summed E-state index contributed by atoms with van der Waals surface area (Å²) in [5.74, 6) is 2.92. The quantitative estimate of drug-likeness (QED) is 0.341. The molecule has 186 valence electrons. The fraction of sp³-hybridized carbons (Fsp3) is 0.370. The number of nitrogens with one attached hydrogen (secondary N) is 3. The van der Waals surface area contributed by atoms with Crippen LogP contribution in [0.4, 0.5) is 17.5 Å². The Kier molecular flexibility index (Phi) is 9.29. The van der Waals surface area contributed by atoms with Gasteiger partial charge in [-0.25, -0.2) is 4.98 Å². The van der Waals surface area contributed by atoms with E-state index in [0.717, 1.165) is 29.2 Å². The molecule has 3 N–H and O–H groups in total. The monoisotopic (exact) mass is 477 g/mol. The Balaban J connectivity index is 1.67. The minimum absolute atomic E-state index is 0.120. The molecule has 0 spiro atoms. The number of methoxy groups -OCH3 is 2. The van der Waals surface area contributed by atoms with Crippen LogP contribution in [0.1, 0.15) is 31.5 Å². The number of hydrogen-bond donors (Lipinski definition) is 3. The lowest BCUT2D eigenvalue weighted by Gasteiger charge is -2.21. The standard InChI is InChI=1S/C27H35N5O3/c1-18(2)16-23(26(33)30-21-10-12-22(34-4)13-11-21)31-25-17-19(3)29-27(32-25)28-15-14-20-8-6-7-9-24(20)35-5/h6-13,17-18,23H,14-16H2,1-5H3,(H,30,33)(H2,28,29,31,32)/t23-/m0/s1. The van der Waals surface area contributed by atoms with E-state index >= 15 is 0 Å². The van der Waals surface area contributed by atoms with Gasteiger partial charge >= 0.3 is 0 Å². The molecule has 0 fully saturated rings. The first-order valence-electron chi connectivity index (χ1n) is 11.8. The van der Waals surface area contributed by atoms with E-state index in [1.165, 1.54) is 0 Å². The third kappa shape index (κ3) is 7.88. The lowest BCUT2D eigenvalue weighted by atomic mass is 10.0. The van der Waals surface area contributed by atoms with E-state index in [2.05, 4.69) is 39.8 Å². The number of anilines is 3. The largest absolute Gasteiger partial charge is 0.497 e. The predicted octanol–water partition coefficient (Wildman–Crippen LogP) is 4.92. The molecular weight excluding hydrogens is 442 g/mol. The minimum atomic E-state index is -0.451. The first kappa shape index (κ1) is 25.8. The van der Waals surface area contributed by atoms with Crippen molar-refractivity contribution in [1.29, 1.82) is 0 Å². The van der Waals surface area contributed by atoms with Gasteiger partial charge in [0.2, 0.25) is 11.9 Å². The molecule has 0 unspecified atom stereocenters. The smallest absolute Gasteiger partial charge is 0.246 e. The molecule has 3 aromatic rings. The molecule has 35 heavy (non-hydrogen) atoms. The Morgan fingerprint density at radius 2 is 1.74 bits per heavy atom. The van der Waals surface area contributed by atoms with Crippen LogP contribution < -0.4 is 25.4 Å². The first-order valence-corrected chi connectivity index (χ1v) is 11.8. The number of aromatic nitrogens is 2. The predicted molar refractivity (Wildman–Crippen MR) is 140 cm³/mol. The molecule has 2 aromatic carbocycles. The highest BCUT2D eigenvalue weighted by Crippen LogP contribution is 2.20. The third-order valence-electron chi connectivity index (χ3n) is 5.43. The molecule has 0 radical (unpaired) electrons. The van der Waals surface area contributed by atoms with E-state index < -0.39 is 6.04 Å². The van der Waals surface area contributed by atoms with Gasteiger partial charge in [0.15, 0.2) is 0 Å². The number of aryl methyl sites for hydroxylation is 1. The number of ether oxygens (including phenoxy) is 2. The van der Waals surface area contributed by atoms with Crippen LogP contribution in [0, 0.1) is 12.8 Å². The van der Waals surface area contributed by atoms with Crippen molar-refractivity contribution in [3.63, 3.8) is 0 Å². The highest BCUT2D eigenvalue weighted by Gasteiger charge is 2.21. The molecule has 0 saturated carbocycles. The summed E-state index contributed by atoms with van der Waals surface area (Å²) in [6, 6.07) is 16.6. The van der Waals surface area contributed by atoms with Gasteiger partial charge in [0.05, 0.1) is 14.2 Å². The Bertz CT molecular complexity index is 1100. The SMILES string of the molecule is COc1ccc(NC(=O)[C@H](CC(C)C)Nc2cc(C)nc(NCCc3ccccc3OC)n2)cc1. The maximum absolute atomic E-state index is 13.1. The third-order valence-corrected chi connectivity index (χ3v) is 5.43. The van der Waals surface area contributed by atoms with Crippen molar-refractivity contribution in [1.82, 2.24) is 9.97 Å². The van der Waals surface area contributed by atoms with Crippen LogP contribution in [0.25, 0.3) is 0 Å². The number of hydrogen-bond acceptors (Lipinski definition) is 7. The van der Waals surface area contributed by atoms with E-state index in [9.17, 15) is 4.79 Å². The Morgan fingerprint density at radius 3 is 2.43 bits per heavy atom. The Labute approximate surface area is 207 Å². The number of amides is 1. The maximum Gasteiger partial charge on any atom is 0.246 e. The highest BCUT2D eigenvalue weighted by atomic mass is 16.5. The van der Waals surface area contributed by atoms with Gasteiger partial charge in [0, 0.05) is 24.0 Å². The molecule has 0 aliphatic heterocycles. The van der Waals surface area contributed by atoms with Crippen molar-refractivity contribution in [3.05, 3.63) is 65.9 Å². The van der Waals surface area contributed by atoms with Gasteiger partial charge in [-0.2, -0.15) is 4.98 Å². The van der Waals surface area contributed by atoms with E-state index in [1.807, 2.05) is 61.5 Å². The fourth-order valence-electron chi connectivity index (χ4n) is 3.73. The number of benzene rings is 2. The van der Waals surface area contributed by atoms with Gasteiger partial charge in [-0.15, -0.1) is 0 Å². The molecule has 0 bridgehead atoms. The van der Waals surface area contributed by atoms with Crippen LogP contribution in [-0.4, -0.2) is 42.7 Å². The fourth-order valence-corrected chi connectivity index (χ4v) is 3.73. The molecular formula is C27H35N5O3. The molecule has 0 aliphatic carbocycles. The van der Waals surface area contributed by atoms with Crippen molar-refractivity contribution in [2.24, 2.45) is 5.92 Å². The van der Waals surface area contributed by atoms with Crippen LogP contribution in [-0.2, 0) is 11.2 Å². The Hall–Kier alpha value is -3.81. The second kappa shape index (κ2) is 12.6. The van der Waals surface area contributed by atoms with Crippen molar-refractivity contribution in [2.45, 2.75) is 39.7 Å². The molecule has 3 rings (SSSR count). The molecule has 0 aliphatic rings. The number of para-hydroxylation sites is 1. The molecule has 1 amide bonds. The molecule has 1 atom stereocenters. The van der Waals surface area contributed by atoms with Gasteiger partial charge in [-0.1, -0.05) is 32.0 Å². The van der Waals surface area contributed by atoms with Crippen LogP contribution >= 0.6 is 0 Å². The zero-order chi connectivity index (χ0) is 25.2. The number of carbonyl (C=O) groups excluding carboxylic acids is 1. The summed E-state index contributed by atoms with van der Waals surface area (Å²) >= 11 is 0. The zero-order valence-corrected chi connectivity index (χ0v) is 21.1. The van der Waals surface area contributed by atoms with Crippen LogP contribution in [0.3, 0.4) is 0 Å². The van der Waals surface area contributed by atoms with Gasteiger partial charge in [-0.05, 0) is 61.6 Å². The summed E-state index contributed by atoms with van der Waals surface area (Å²) in [6.07, 6.45) is 1.42. The lowest BCUT2D eigenvalue weighted by molar-refractivity contribution is -0.117. The van der Waals surface area contributed by atoms with Crippen LogP contribution in [0.15, 0.2) is 54.6 Å². The van der Waals surface area contributed by atoms with E-state index in [4.69, 9.17) is 9.47 Å². The topological polar surface area (TPSA) is 97.4 Å². The van der Waals surface area contributed by atoms with Gasteiger partial charge in [0.25, 0.3) is 0 Å². The summed E-state index contributed by atoms with van der Waals surface area (Å²) in [4.78, 5) is 22.2. The second-order valence-corrected chi connectivity index (χ2v) is 8.75. The Morgan fingerprint density at radius 1 is 1.00 bits per heavy atom. The van der Waals surface area contributed by atoms with Crippen molar-refractivity contribution < 1.29 is 14.3 Å². The van der Waals surface area contributed by atoms with Gasteiger partial charge in [-0.3, -0.25) is 4.79 Å². The molecule has 1 aromatic heterocycles. The summed E-state index contributed by atoms with van der Waals surface area (Å²) in [5.41, 5.74) is 2.63. The lowest BCUT2D eigenvalue weighted by Crippen LogP contribution is -2.36. The molecule has 0 saturated heterocycles. The van der Waals surface area contributed by atoms with Crippen LogP contribution in [0.2, 0.25) is 0 Å². The summed E-state index contributed by atoms with van der Waals surface area (Å²) in [6.45, 7) is 6.74. The molecule has 1 heterocycles. The summed E-state index contributed by atoms with van der Waals surface area (Å²) in [7, 11) is 3.29. The average Bonchev–Trinajstić information content (AvgIpc) is 2.84. The maximum atomic E-state index is 13.1. The highest BCUT2D eigenvalue weighted by molar-refractivity contribution is 5.96. The summed E-state index contributed by atoms with van der Waals surface area (Å²) in [5, 5.41) is 9.59. The summed E-state index contributed by atoms with van der Waals surface area (Å²) < 4.78 is 10.6. The minimum Gasteiger partial charge on any atom is -0.497 e. The second-order valence-electron chi connectivity index (χ2n) is 8.75. The van der Waals surface area contributed by atoms with E-state index in [1.54, 1.807) is 14.2 Å². The zero-order valence-electron chi connectivity index (χ0n) is 21.1. The van der Waals surface area contributed by atoms with Crippen molar-refractivity contribution in [2.75, 3.05) is 36.7 Å². The number of nitrogens with zero attached hydrogens (tertiary/aromatic N) is 2. The van der Waals surface area contributed by atoms with Gasteiger partial charge < -0.3 is 25.4 Å².